The largest absolute Gasteiger partial charge is 0.328 e. The summed E-state index contributed by atoms with van der Waals surface area (Å²) < 4.78 is 0. The van der Waals surface area contributed by atoms with Gasteiger partial charge in [-0.15, -0.1) is 0 Å². The van der Waals surface area contributed by atoms with E-state index < -0.39 is 0 Å². The molecule has 18 heavy (non-hydrogen) atoms. The Morgan fingerprint density at radius 3 is 2.78 bits per heavy atom. The molecule has 1 aromatic carbocycles. The van der Waals surface area contributed by atoms with Gasteiger partial charge in [0.1, 0.15) is 0 Å². The van der Waals surface area contributed by atoms with Crippen LogP contribution in [-0.2, 0) is 13.1 Å². The van der Waals surface area contributed by atoms with Gasteiger partial charge in [-0.25, -0.2) is 0 Å². The van der Waals surface area contributed by atoms with Crippen molar-refractivity contribution < 1.29 is 4.79 Å². The molecule has 3 nitrogen and oxygen atoms in total. The molecule has 90 valence electrons. The number of aromatic nitrogens is 1. The van der Waals surface area contributed by atoms with Gasteiger partial charge in [0.25, 0.3) is 5.91 Å². The Morgan fingerprint density at radius 1 is 1.17 bits per heavy atom. The Balaban J connectivity index is 1.87. The normalized spacial score (nSPS) is 13.5. The number of fused-ring (bicyclic) bond motifs is 1. The number of hydrogen-bond acceptors (Lipinski definition) is 2. The summed E-state index contributed by atoms with van der Waals surface area (Å²) >= 11 is 0. The van der Waals surface area contributed by atoms with Crippen molar-refractivity contribution in [3.63, 3.8) is 0 Å². The van der Waals surface area contributed by atoms with Crippen molar-refractivity contribution in [1.82, 2.24) is 9.88 Å². The van der Waals surface area contributed by atoms with Crippen molar-refractivity contribution in [3.8, 4) is 0 Å². The lowest BCUT2D eigenvalue weighted by atomic mass is 10.1. The SMILES string of the molecule is Cc1ccccc1C(=O)N1Cc2cccnc2C1. The fourth-order valence-corrected chi connectivity index (χ4v) is 2.33. The molecule has 0 unspecified atom stereocenters. The van der Waals surface area contributed by atoms with Gasteiger partial charge >= 0.3 is 0 Å². The van der Waals surface area contributed by atoms with E-state index in [-0.39, 0.29) is 5.91 Å². The zero-order chi connectivity index (χ0) is 12.5. The molecular formula is C15H14N2O. The van der Waals surface area contributed by atoms with Crippen LogP contribution in [0, 0.1) is 6.92 Å². The van der Waals surface area contributed by atoms with E-state index in [0.29, 0.717) is 13.1 Å². The van der Waals surface area contributed by atoms with Crippen LogP contribution in [0.2, 0.25) is 0 Å². The summed E-state index contributed by atoms with van der Waals surface area (Å²) in [5.74, 6) is 0.0890. The van der Waals surface area contributed by atoms with Crippen LogP contribution >= 0.6 is 0 Å². The quantitative estimate of drug-likeness (QED) is 0.765. The van der Waals surface area contributed by atoms with E-state index in [0.717, 1.165) is 22.4 Å². The van der Waals surface area contributed by atoms with E-state index >= 15 is 0 Å². The Morgan fingerprint density at radius 2 is 2.00 bits per heavy atom. The molecule has 1 aliphatic rings. The summed E-state index contributed by atoms with van der Waals surface area (Å²) in [5.41, 5.74) is 3.97. The third-order valence-corrected chi connectivity index (χ3v) is 3.35. The Labute approximate surface area is 106 Å². The highest BCUT2D eigenvalue weighted by atomic mass is 16.2. The van der Waals surface area contributed by atoms with Crippen LogP contribution in [0.1, 0.15) is 27.2 Å². The highest BCUT2D eigenvalue weighted by Gasteiger charge is 2.25. The molecule has 2 heterocycles. The Hall–Kier alpha value is -2.16. The molecule has 0 aliphatic carbocycles. The molecule has 0 fully saturated rings. The van der Waals surface area contributed by atoms with E-state index in [1.54, 1.807) is 6.20 Å². The second-order valence-corrected chi connectivity index (χ2v) is 4.59. The van der Waals surface area contributed by atoms with Gasteiger partial charge in [0.05, 0.1) is 12.2 Å². The summed E-state index contributed by atoms with van der Waals surface area (Å²) in [7, 11) is 0. The minimum Gasteiger partial charge on any atom is -0.328 e. The Kier molecular flexibility index (Phi) is 2.59. The average molecular weight is 238 g/mol. The number of nitrogens with zero attached hydrogens (tertiary/aromatic N) is 2. The molecule has 0 bridgehead atoms. The number of pyridine rings is 1. The molecule has 2 aromatic rings. The summed E-state index contributed by atoms with van der Waals surface area (Å²) in [6.45, 7) is 3.24. The van der Waals surface area contributed by atoms with E-state index in [1.165, 1.54) is 0 Å². The molecule has 0 N–H and O–H groups in total. The molecule has 1 amide bonds. The number of carbonyl (C=O) groups excluding carboxylic acids is 1. The summed E-state index contributed by atoms with van der Waals surface area (Å²) in [6, 6.07) is 11.7. The Bertz CT molecular complexity index is 582. The predicted octanol–water partition coefficient (Wildman–Crippen LogP) is 2.55. The zero-order valence-corrected chi connectivity index (χ0v) is 10.3. The van der Waals surface area contributed by atoms with E-state index in [1.807, 2.05) is 48.2 Å². The number of carbonyl (C=O) groups is 1. The van der Waals surface area contributed by atoms with Crippen molar-refractivity contribution in [2.45, 2.75) is 20.0 Å². The fraction of sp³-hybridized carbons (Fsp3) is 0.200. The molecule has 3 heteroatoms. The smallest absolute Gasteiger partial charge is 0.254 e. The van der Waals surface area contributed by atoms with E-state index in [9.17, 15) is 4.79 Å². The van der Waals surface area contributed by atoms with Crippen LogP contribution < -0.4 is 0 Å². The van der Waals surface area contributed by atoms with Crippen LogP contribution in [0.4, 0.5) is 0 Å². The monoisotopic (exact) mass is 238 g/mol. The molecule has 1 aromatic heterocycles. The van der Waals surface area contributed by atoms with Gasteiger partial charge in [-0.1, -0.05) is 24.3 Å². The number of aryl methyl sites for hydroxylation is 1. The van der Waals surface area contributed by atoms with Crippen molar-refractivity contribution in [3.05, 3.63) is 65.0 Å². The van der Waals surface area contributed by atoms with Gasteiger partial charge in [-0.05, 0) is 30.2 Å². The molecule has 0 saturated heterocycles. The van der Waals surface area contributed by atoms with Gasteiger partial charge in [-0.3, -0.25) is 9.78 Å². The van der Waals surface area contributed by atoms with E-state index in [4.69, 9.17) is 0 Å². The van der Waals surface area contributed by atoms with Crippen LogP contribution in [0.3, 0.4) is 0 Å². The van der Waals surface area contributed by atoms with Crippen LogP contribution in [0.15, 0.2) is 42.6 Å². The second-order valence-electron chi connectivity index (χ2n) is 4.59. The zero-order valence-electron chi connectivity index (χ0n) is 10.3. The minimum atomic E-state index is 0.0890. The average Bonchev–Trinajstić information content (AvgIpc) is 2.82. The van der Waals surface area contributed by atoms with Gasteiger partial charge in [0.2, 0.25) is 0 Å². The van der Waals surface area contributed by atoms with Crippen LogP contribution in [0.25, 0.3) is 0 Å². The lowest BCUT2D eigenvalue weighted by molar-refractivity contribution is 0.0749. The van der Waals surface area contributed by atoms with Gasteiger partial charge in [-0.2, -0.15) is 0 Å². The van der Waals surface area contributed by atoms with Gasteiger partial charge in [0.15, 0.2) is 0 Å². The molecule has 3 rings (SSSR count). The number of benzene rings is 1. The number of rotatable bonds is 1. The summed E-state index contributed by atoms with van der Waals surface area (Å²) in [5, 5.41) is 0. The van der Waals surface area contributed by atoms with Crippen LogP contribution in [0.5, 0.6) is 0 Å². The lowest BCUT2D eigenvalue weighted by Gasteiger charge is -2.16. The number of hydrogen-bond donors (Lipinski definition) is 0. The van der Waals surface area contributed by atoms with Crippen molar-refractivity contribution in [1.29, 1.82) is 0 Å². The highest BCUT2D eigenvalue weighted by Crippen LogP contribution is 2.23. The molecule has 0 spiro atoms. The first-order chi connectivity index (χ1) is 8.75. The van der Waals surface area contributed by atoms with Crippen LogP contribution in [-0.4, -0.2) is 15.8 Å². The highest BCUT2D eigenvalue weighted by molar-refractivity contribution is 5.95. The number of amides is 1. The maximum Gasteiger partial charge on any atom is 0.254 e. The lowest BCUT2D eigenvalue weighted by Crippen LogP contribution is -2.26. The first-order valence-corrected chi connectivity index (χ1v) is 6.03. The summed E-state index contributed by atoms with van der Waals surface area (Å²) in [6.07, 6.45) is 1.78. The third kappa shape index (κ3) is 1.78. The molecule has 1 aliphatic heterocycles. The standard InChI is InChI=1S/C15H14N2O/c1-11-5-2-3-7-13(11)15(18)17-9-12-6-4-8-16-14(12)10-17/h2-8H,9-10H2,1H3. The first kappa shape index (κ1) is 11.0. The molecule has 0 atom stereocenters. The van der Waals surface area contributed by atoms with Crippen molar-refractivity contribution in [2.75, 3.05) is 0 Å². The maximum absolute atomic E-state index is 12.4. The molecule has 0 radical (unpaired) electrons. The molecular weight excluding hydrogens is 224 g/mol. The van der Waals surface area contributed by atoms with E-state index in [2.05, 4.69) is 4.98 Å². The van der Waals surface area contributed by atoms with Gasteiger partial charge in [0, 0.05) is 18.3 Å². The minimum absolute atomic E-state index is 0.0890. The maximum atomic E-state index is 12.4. The van der Waals surface area contributed by atoms with Gasteiger partial charge < -0.3 is 4.90 Å². The molecule has 0 saturated carbocycles. The van der Waals surface area contributed by atoms with Crippen molar-refractivity contribution in [2.24, 2.45) is 0 Å². The first-order valence-electron chi connectivity index (χ1n) is 6.03. The fourth-order valence-electron chi connectivity index (χ4n) is 2.33. The summed E-state index contributed by atoms with van der Waals surface area (Å²) in [4.78, 5) is 18.6. The topological polar surface area (TPSA) is 33.2 Å². The third-order valence-electron chi connectivity index (χ3n) is 3.35. The van der Waals surface area contributed by atoms with Crippen molar-refractivity contribution >= 4 is 5.91 Å². The predicted molar refractivity (Wildman–Crippen MR) is 69.0 cm³/mol. The second kappa shape index (κ2) is 4.26.